The van der Waals surface area contributed by atoms with Crippen molar-refractivity contribution in [3.8, 4) is 0 Å². The van der Waals surface area contributed by atoms with Crippen molar-refractivity contribution in [2.24, 2.45) is 0 Å². The third kappa shape index (κ3) is 3.06. The van der Waals surface area contributed by atoms with Crippen molar-refractivity contribution in [3.63, 3.8) is 0 Å². The summed E-state index contributed by atoms with van der Waals surface area (Å²) in [7, 11) is -3.66. The van der Waals surface area contributed by atoms with Crippen LogP contribution in [-0.4, -0.2) is 27.0 Å². The maximum Gasteiger partial charge on any atom is 0.269 e. The summed E-state index contributed by atoms with van der Waals surface area (Å²) in [5.41, 5.74) is -0.0863. The van der Waals surface area contributed by atoms with Crippen molar-refractivity contribution in [1.29, 1.82) is 0 Å². The summed E-state index contributed by atoms with van der Waals surface area (Å²) in [6, 6.07) is 4.74. The molecule has 98 valence electrons. The number of rotatable bonds is 4. The first-order valence-electron chi connectivity index (χ1n) is 4.44. The fraction of sp³-hybridized carbons (Fsp3) is 0.222. The first-order valence-corrected chi connectivity index (χ1v) is 8.20. The van der Waals surface area contributed by atoms with Crippen LogP contribution in [0, 0.1) is 10.1 Å². The second-order valence-electron chi connectivity index (χ2n) is 3.42. The second-order valence-corrected chi connectivity index (χ2v) is 11.1. The first kappa shape index (κ1) is 15.5. The molecule has 0 spiro atoms. The number of nitro benzene ring substituents is 1. The lowest BCUT2D eigenvalue weighted by atomic mass is 10.1. The third-order valence-electron chi connectivity index (χ3n) is 2.07. The van der Waals surface area contributed by atoms with Gasteiger partial charge in [-0.15, -0.1) is 0 Å². The zero-order chi connectivity index (χ0) is 14.1. The monoisotopic (exact) mass is 447 g/mol. The van der Waals surface area contributed by atoms with Gasteiger partial charge in [0.1, 0.15) is 0 Å². The molecule has 0 amide bonds. The molecule has 0 aliphatic rings. The maximum atomic E-state index is 12.0. The molecule has 6 nitrogen and oxygen atoms in total. The standard InChI is InChI=1S/C9H7BrINO5S/c1-18(16,17)9(10,11)8(13)6-2-4-7(5-3-6)12(14)15/h2-5H,1H3/t9-/m0/s1. The summed E-state index contributed by atoms with van der Waals surface area (Å²) in [5, 5.41) is 10.5. The lowest BCUT2D eigenvalue weighted by molar-refractivity contribution is -0.384. The Morgan fingerprint density at radius 1 is 1.39 bits per heavy atom. The Balaban J connectivity index is 3.17. The van der Waals surface area contributed by atoms with Gasteiger partial charge in [-0.1, -0.05) is 0 Å². The molecule has 0 fully saturated rings. The molecule has 0 aliphatic carbocycles. The number of benzene rings is 1. The van der Waals surface area contributed by atoms with Gasteiger partial charge in [-0.2, -0.15) is 0 Å². The Morgan fingerprint density at radius 3 is 2.17 bits per heavy atom. The molecular weight excluding hydrogens is 441 g/mol. The molecule has 1 aromatic rings. The van der Waals surface area contributed by atoms with E-state index in [4.69, 9.17) is 0 Å². The van der Waals surface area contributed by atoms with E-state index in [1.165, 1.54) is 34.7 Å². The Bertz CT molecular complexity index is 596. The van der Waals surface area contributed by atoms with Crippen LogP contribution in [-0.2, 0) is 9.84 Å². The molecule has 0 saturated carbocycles. The van der Waals surface area contributed by atoms with Gasteiger partial charge < -0.3 is 0 Å². The van der Waals surface area contributed by atoms with Gasteiger partial charge in [0.15, 0.2) is 9.84 Å². The summed E-state index contributed by atoms with van der Waals surface area (Å²) in [4.78, 5) is 21.8. The van der Waals surface area contributed by atoms with Gasteiger partial charge in [0.2, 0.25) is 7.45 Å². The minimum Gasteiger partial charge on any atom is -0.290 e. The van der Waals surface area contributed by atoms with Crippen molar-refractivity contribution in [2.75, 3.05) is 6.26 Å². The van der Waals surface area contributed by atoms with Gasteiger partial charge in [0, 0.05) is 24.0 Å². The maximum absolute atomic E-state index is 12.0. The number of nitro groups is 1. The van der Waals surface area contributed by atoms with Crippen LogP contribution in [0.4, 0.5) is 5.69 Å². The van der Waals surface area contributed by atoms with Crippen LogP contribution in [0.1, 0.15) is 10.4 Å². The van der Waals surface area contributed by atoms with Gasteiger partial charge in [-0.3, -0.25) is 14.9 Å². The fourth-order valence-electron chi connectivity index (χ4n) is 1.07. The molecule has 0 aliphatic heterocycles. The number of carbonyl (C=O) groups is 1. The largest absolute Gasteiger partial charge is 0.290 e. The molecule has 1 rings (SSSR count). The normalized spacial score (nSPS) is 14.8. The molecule has 18 heavy (non-hydrogen) atoms. The summed E-state index contributed by atoms with van der Waals surface area (Å²) in [5.74, 6) is -0.680. The molecule has 0 saturated heterocycles. The Morgan fingerprint density at radius 2 is 1.83 bits per heavy atom. The van der Waals surface area contributed by atoms with Crippen LogP contribution in [0.15, 0.2) is 24.3 Å². The average Bonchev–Trinajstić information content (AvgIpc) is 2.26. The van der Waals surface area contributed by atoms with Crippen LogP contribution in [0.2, 0.25) is 0 Å². The highest BCUT2D eigenvalue weighted by Gasteiger charge is 2.43. The molecular formula is C9H7BrINO5S. The number of non-ortho nitro benzene ring substituents is 1. The lowest BCUT2D eigenvalue weighted by Gasteiger charge is -2.16. The predicted molar refractivity (Wildman–Crippen MR) is 77.9 cm³/mol. The molecule has 0 N–H and O–H groups in total. The van der Waals surface area contributed by atoms with Crippen LogP contribution in [0.3, 0.4) is 0 Å². The van der Waals surface area contributed by atoms with Crippen molar-refractivity contribution < 1.29 is 18.1 Å². The molecule has 9 heteroatoms. The third-order valence-corrected chi connectivity index (χ3v) is 8.20. The molecule has 1 aromatic carbocycles. The van der Waals surface area contributed by atoms with Gasteiger partial charge in [0.25, 0.3) is 5.69 Å². The minimum absolute atomic E-state index is 0.0808. The quantitative estimate of drug-likeness (QED) is 0.232. The van der Waals surface area contributed by atoms with Crippen LogP contribution < -0.4 is 0 Å². The predicted octanol–water partition coefficient (Wildman–Crippen LogP) is 2.31. The highest BCUT2D eigenvalue weighted by atomic mass is 127. The highest BCUT2D eigenvalue weighted by Crippen LogP contribution is 2.36. The van der Waals surface area contributed by atoms with E-state index in [-0.39, 0.29) is 11.3 Å². The van der Waals surface area contributed by atoms with Crippen molar-refractivity contribution in [3.05, 3.63) is 39.9 Å². The Hall–Kier alpha value is -0.550. The number of ketones is 1. The number of alkyl halides is 2. The Kier molecular flexibility index (Phi) is 4.49. The lowest BCUT2D eigenvalue weighted by Crippen LogP contribution is -2.33. The zero-order valence-electron chi connectivity index (χ0n) is 8.96. The van der Waals surface area contributed by atoms with Gasteiger partial charge >= 0.3 is 0 Å². The summed E-state index contributed by atoms with van der Waals surface area (Å²) in [6.45, 7) is 0. The van der Waals surface area contributed by atoms with Gasteiger partial charge in [0.05, 0.1) is 4.92 Å². The number of hydrogen-bond acceptors (Lipinski definition) is 5. The topological polar surface area (TPSA) is 94.3 Å². The molecule has 0 aromatic heterocycles. The fourth-order valence-corrected chi connectivity index (χ4v) is 2.07. The molecule has 0 radical (unpaired) electrons. The van der Waals surface area contributed by atoms with E-state index >= 15 is 0 Å². The van der Waals surface area contributed by atoms with Crippen molar-refractivity contribution in [1.82, 2.24) is 0 Å². The average molecular weight is 448 g/mol. The van der Waals surface area contributed by atoms with E-state index in [0.29, 0.717) is 0 Å². The van der Waals surface area contributed by atoms with E-state index in [0.717, 1.165) is 18.4 Å². The zero-order valence-corrected chi connectivity index (χ0v) is 13.5. The highest BCUT2D eigenvalue weighted by molar-refractivity contribution is 14.1. The minimum atomic E-state index is -3.66. The number of halogens is 2. The molecule has 0 bridgehead atoms. The molecule has 0 unspecified atom stereocenters. The van der Waals surface area contributed by atoms with E-state index < -0.39 is 22.2 Å². The number of hydrogen-bond donors (Lipinski definition) is 0. The van der Waals surface area contributed by atoms with E-state index in [9.17, 15) is 23.3 Å². The van der Waals surface area contributed by atoms with E-state index in [1.54, 1.807) is 0 Å². The van der Waals surface area contributed by atoms with Crippen molar-refractivity contribution >= 4 is 59.8 Å². The summed E-state index contributed by atoms with van der Waals surface area (Å²) < 4.78 is 21.1. The molecule has 0 heterocycles. The summed E-state index contributed by atoms with van der Waals surface area (Å²) in [6.07, 6.45) is 0.928. The van der Waals surface area contributed by atoms with E-state index in [1.807, 2.05) is 0 Å². The SMILES string of the molecule is CS(=O)(=O)[C@@](Br)(I)C(=O)c1ccc([N+](=O)[O-])cc1. The van der Waals surface area contributed by atoms with Crippen LogP contribution in [0.5, 0.6) is 0 Å². The number of Topliss-reactive ketones (excluding diaryl/α,β-unsaturated/α-hetero) is 1. The van der Waals surface area contributed by atoms with Crippen LogP contribution in [0.25, 0.3) is 0 Å². The first-order chi connectivity index (χ1) is 8.07. The number of carbonyl (C=O) groups excluding carboxylic acids is 1. The Labute approximate surface area is 125 Å². The van der Waals surface area contributed by atoms with Gasteiger partial charge in [-0.25, -0.2) is 8.42 Å². The number of sulfone groups is 1. The smallest absolute Gasteiger partial charge is 0.269 e. The van der Waals surface area contributed by atoms with E-state index in [2.05, 4.69) is 15.9 Å². The second kappa shape index (κ2) is 5.21. The van der Waals surface area contributed by atoms with Crippen LogP contribution >= 0.6 is 38.5 Å². The van der Waals surface area contributed by atoms with Gasteiger partial charge in [-0.05, 0) is 50.7 Å². The summed E-state index contributed by atoms with van der Waals surface area (Å²) >= 11 is 4.35. The molecule has 1 atom stereocenters. The van der Waals surface area contributed by atoms with Crippen molar-refractivity contribution in [2.45, 2.75) is 1.66 Å². The number of nitrogens with zero attached hydrogens (tertiary/aromatic N) is 1.